The van der Waals surface area contributed by atoms with Crippen molar-refractivity contribution in [3.8, 4) is 0 Å². The van der Waals surface area contributed by atoms with Crippen molar-refractivity contribution in [1.82, 2.24) is 4.90 Å². The summed E-state index contributed by atoms with van der Waals surface area (Å²) in [5, 5.41) is 9.24. The lowest BCUT2D eigenvalue weighted by Crippen LogP contribution is -2.57. The number of nitrogens with two attached hydrogens (primary N) is 1. The molecule has 0 saturated carbocycles. The zero-order valence-electron chi connectivity index (χ0n) is 11.8. The minimum atomic E-state index is -0.419. The van der Waals surface area contributed by atoms with Gasteiger partial charge in [-0.1, -0.05) is 13.8 Å². The number of morpholine rings is 1. The van der Waals surface area contributed by atoms with E-state index in [2.05, 4.69) is 0 Å². The average molecular weight is 258 g/mol. The lowest BCUT2D eigenvalue weighted by molar-refractivity contribution is -0.170. The highest BCUT2D eigenvalue weighted by molar-refractivity contribution is 5.79. The molecule has 1 rings (SSSR count). The van der Waals surface area contributed by atoms with Gasteiger partial charge in [-0.25, -0.2) is 0 Å². The van der Waals surface area contributed by atoms with Crippen molar-refractivity contribution in [3.63, 3.8) is 0 Å². The Morgan fingerprint density at radius 3 is 2.61 bits per heavy atom. The zero-order valence-corrected chi connectivity index (χ0v) is 11.8. The van der Waals surface area contributed by atoms with Crippen LogP contribution in [0.3, 0.4) is 0 Å². The number of carbonyl (C=O) groups excluding carboxylic acids is 1. The van der Waals surface area contributed by atoms with Gasteiger partial charge in [-0.05, 0) is 19.8 Å². The molecule has 1 amide bonds. The van der Waals surface area contributed by atoms with Crippen molar-refractivity contribution < 1.29 is 14.6 Å². The molecule has 5 nitrogen and oxygen atoms in total. The molecule has 0 aliphatic carbocycles. The number of hydrogen-bond acceptors (Lipinski definition) is 4. The Kier molecular flexibility index (Phi) is 5.13. The molecule has 1 aliphatic rings. The Hall–Kier alpha value is -0.650. The molecule has 1 fully saturated rings. The predicted molar refractivity (Wildman–Crippen MR) is 70.0 cm³/mol. The monoisotopic (exact) mass is 258 g/mol. The Morgan fingerprint density at radius 1 is 1.56 bits per heavy atom. The van der Waals surface area contributed by atoms with E-state index in [0.717, 1.165) is 0 Å². The van der Waals surface area contributed by atoms with Gasteiger partial charge in [0.15, 0.2) is 0 Å². The van der Waals surface area contributed by atoms with E-state index in [4.69, 9.17) is 10.5 Å². The molecule has 106 valence electrons. The fourth-order valence-corrected chi connectivity index (χ4v) is 2.45. The summed E-state index contributed by atoms with van der Waals surface area (Å²) >= 11 is 0. The maximum Gasteiger partial charge on any atom is 0.227 e. The predicted octanol–water partition coefficient (Wildman–Crippen LogP) is 0.216. The molecule has 1 heterocycles. The number of carbonyl (C=O) groups is 1. The SMILES string of the molecule is CC(C)C(CN)C(=O)N1CC(CO)OC(C)(C)C1. The van der Waals surface area contributed by atoms with E-state index in [-0.39, 0.29) is 30.5 Å². The summed E-state index contributed by atoms with van der Waals surface area (Å²) in [5.41, 5.74) is 5.27. The summed E-state index contributed by atoms with van der Waals surface area (Å²) in [5.74, 6) is 0.140. The van der Waals surface area contributed by atoms with Crippen LogP contribution in [0.25, 0.3) is 0 Å². The van der Waals surface area contributed by atoms with Crippen LogP contribution in [0.15, 0.2) is 0 Å². The van der Waals surface area contributed by atoms with E-state index in [1.54, 1.807) is 4.90 Å². The van der Waals surface area contributed by atoms with Gasteiger partial charge in [0.25, 0.3) is 0 Å². The topological polar surface area (TPSA) is 75.8 Å². The first-order valence-corrected chi connectivity index (χ1v) is 6.58. The first-order valence-electron chi connectivity index (χ1n) is 6.58. The summed E-state index contributed by atoms with van der Waals surface area (Å²) in [6, 6.07) is 0. The third-order valence-corrected chi connectivity index (χ3v) is 3.37. The average Bonchev–Trinajstić information content (AvgIpc) is 2.27. The van der Waals surface area contributed by atoms with Crippen molar-refractivity contribution in [1.29, 1.82) is 0 Å². The molecule has 2 unspecified atom stereocenters. The van der Waals surface area contributed by atoms with Crippen molar-refractivity contribution in [2.24, 2.45) is 17.6 Å². The van der Waals surface area contributed by atoms with E-state index >= 15 is 0 Å². The van der Waals surface area contributed by atoms with Crippen molar-refractivity contribution >= 4 is 5.91 Å². The number of aliphatic hydroxyl groups excluding tert-OH is 1. The molecule has 0 radical (unpaired) electrons. The highest BCUT2D eigenvalue weighted by Crippen LogP contribution is 2.23. The highest BCUT2D eigenvalue weighted by Gasteiger charge is 2.37. The van der Waals surface area contributed by atoms with Crippen LogP contribution in [0, 0.1) is 11.8 Å². The van der Waals surface area contributed by atoms with Gasteiger partial charge in [0.1, 0.15) is 0 Å². The van der Waals surface area contributed by atoms with Gasteiger partial charge in [0.05, 0.1) is 24.2 Å². The van der Waals surface area contributed by atoms with E-state index in [1.807, 2.05) is 27.7 Å². The maximum atomic E-state index is 12.4. The first-order chi connectivity index (χ1) is 8.30. The van der Waals surface area contributed by atoms with Crippen LogP contribution in [0.4, 0.5) is 0 Å². The molecule has 0 bridgehead atoms. The van der Waals surface area contributed by atoms with Gasteiger partial charge in [-0.2, -0.15) is 0 Å². The number of nitrogens with zero attached hydrogens (tertiary/aromatic N) is 1. The van der Waals surface area contributed by atoms with Crippen molar-refractivity contribution in [3.05, 3.63) is 0 Å². The molecule has 0 spiro atoms. The zero-order chi connectivity index (χ0) is 13.9. The van der Waals surface area contributed by atoms with Gasteiger partial charge >= 0.3 is 0 Å². The summed E-state index contributed by atoms with van der Waals surface area (Å²) in [7, 11) is 0. The maximum absolute atomic E-state index is 12.4. The van der Waals surface area contributed by atoms with Crippen molar-refractivity contribution in [2.75, 3.05) is 26.2 Å². The van der Waals surface area contributed by atoms with Gasteiger partial charge in [-0.15, -0.1) is 0 Å². The fraction of sp³-hybridized carbons (Fsp3) is 0.923. The van der Waals surface area contributed by atoms with E-state index in [1.165, 1.54) is 0 Å². The molecular formula is C13H26N2O3. The third-order valence-electron chi connectivity index (χ3n) is 3.37. The van der Waals surface area contributed by atoms with Gasteiger partial charge in [-0.3, -0.25) is 4.79 Å². The normalized spacial score (nSPS) is 25.3. The standard InChI is InChI=1S/C13H26N2O3/c1-9(2)11(5-14)12(17)15-6-10(7-16)18-13(3,4)8-15/h9-11,16H,5-8,14H2,1-4H3. The quantitative estimate of drug-likeness (QED) is 0.756. The summed E-state index contributed by atoms with van der Waals surface area (Å²) in [4.78, 5) is 14.2. The smallest absolute Gasteiger partial charge is 0.227 e. The summed E-state index contributed by atoms with van der Waals surface area (Å²) in [6.45, 7) is 9.16. The third kappa shape index (κ3) is 3.67. The number of ether oxygens (including phenoxy) is 1. The lowest BCUT2D eigenvalue weighted by Gasteiger charge is -2.43. The summed E-state index contributed by atoms with van der Waals surface area (Å²) in [6.07, 6.45) is -0.303. The van der Waals surface area contributed by atoms with E-state index < -0.39 is 5.60 Å². The fourth-order valence-electron chi connectivity index (χ4n) is 2.45. The van der Waals surface area contributed by atoms with E-state index in [9.17, 15) is 9.90 Å². The lowest BCUT2D eigenvalue weighted by atomic mass is 9.93. The van der Waals surface area contributed by atoms with Crippen LogP contribution in [0.1, 0.15) is 27.7 Å². The minimum absolute atomic E-state index is 0.0673. The molecular weight excluding hydrogens is 232 g/mol. The molecule has 0 aromatic carbocycles. The summed E-state index contributed by atoms with van der Waals surface area (Å²) < 4.78 is 5.70. The first kappa shape index (κ1) is 15.4. The molecule has 1 aliphatic heterocycles. The highest BCUT2D eigenvalue weighted by atomic mass is 16.5. The molecule has 0 aromatic rings. The van der Waals surface area contributed by atoms with Gasteiger partial charge in [0, 0.05) is 19.6 Å². The Morgan fingerprint density at radius 2 is 2.17 bits per heavy atom. The van der Waals surface area contributed by atoms with Crippen LogP contribution in [0.2, 0.25) is 0 Å². The van der Waals surface area contributed by atoms with Crippen LogP contribution in [0.5, 0.6) is 0 Å². The Balaban J connectivity index is 2.78. The number of rotatable bonds is 4. The Bertz CT molecular complexity index is 292. The second kappa shape index (κ2) is 5.99. The number of amides is 1. The minimum Gasteiger partial charge on any atom is -0.394 e. The molecule has 5 heteroatoms. The molecule has 0 aromatic heterocycles. The largest absolute Gasteiger partial charge is 0.394 e. The number of aliphatic hydroxyl groups is 1. The Labute approximate surface area is 109 Å². The molecule has 1 saturated heterocycles. The van der Waals surface area contributed by atoms with Crippen molar-refractivity contribution in [2.45, 2.75) is 39.4 Å². The van der Waals surface area contributed by atoms with Gasteiger partial charge in [0.2, 0.25) is 5.91 Å². The second-order valence-corrected chi connectivity index (χ2v) is 5.99. The van der Waals surface area contributed by atoms with Crippen LogP contribution in [-0.4, -0.2) is 53.9 Å². The molecule has 2 atom stereocenters. The number of hydrogen-bond donors (Lipinski definition) is 2. The van der Waals surface area contributed by atoms with E-state index in [0.29, 0.717) is 19.6 Å². The van der Waals surface area contributed by atoms with Crippen LogP contribution < -0.4 is 5.73 Å². The van der Waals surface area contributed by atoms with Crippen LogP contribution >= 0.6 is 0 Å². The van der Waals surface area contributed by atoms with Gasteiger partial charge < -0.3 is 20.5 Å². The van der Waals surface area contributed by atoms with Crippen LogP contribution in [-0.2, 0) is 9.53 Å². The molecule has 3 N–H and O–H groups in total. The second-order valence-electron chi connectivity index (χ2n) is 5.99. The molecule has 18 heavy (non-hydrogen) atoms.